The molecule has 0 radical (unpaired) electrons. The first-order valence-corrected chi connectivity index (χ1v) is 6.74. The van der Waals surface area contributed by atoms with E-state index in [1.54, 1.807) is 0 Å². The maximum Gasteiger partial charge on any atom is 0.122 e. The first kappa shape index (κ1) is 13.4. The van der Waals surface area contributed by atoms with Gasteiger partial charge in [-0.3, -0.25) is 0 Å². The summed E-state index contributed by atoms with van der Waals surface area (Å²) in [4.78, 5) is 0. The Labute approximate surface area is 109 Å². The number of hydrogen-bond donors (Lipinski definition) is 1. The van der Waals surface area contributed by atoms with Gasteiger partial charge in [-0.1, -0.05) is 25.1 Å². The van der Waals surface area contributed by atoms with Gasteiger partial charge >= 0.3 is 0 Å². The summed E-state index contributed by atoms with van der Waals surface area (Å²) in [6.07, 6.45) is 1.95. The summed E-state index contributed by atoms with van der Waals surface area (Å²) in [7, 11) is 0. The molecule has 3 nitrogen and oxygen atoms in total. The van der Waals surface area contributed by atoms with Gasteiger partial charge in [0.15, 0.2) is 0 Å². The quantitative estimate of drug-likeness (QED) is 0.872. The van der Waals surface area contributed by atoms with Gasteiger partial charge in [0.1, 0.15) is 5.75 Å². The van der Waals surface area contributed by atoms with Gasteiger partial charge in [0, 0.05) is 12.5 Å². The van der Waals surface area contributed by atoms with E-state index >= 15 is 0 Å². The molecule has 0 fully saturated rings. The van der Waals surface area contributed by atoms with E-state index < -0.39 is 0 Å². The smallest absolute Gasteiger partial charge is 0.122 e. The lowest BCUT2D eigenvalue weighted by molar-refractivity contribution is -0.0377. The first-order chi connectivity index (χ1) is 8.68. The number of fused-ring (bicyclic) bond motifs is 1. The average molecular weight is 249 g/mol. The Morgan fingerprint density at radius 1 is 1.44 bits per heavy atom. The van der Waals surface area contributed by atoms with Gasteiger partial charge in [0.05, 0.1) is 18.8 Å². The van der Waals surface area contributed by atoms with Gasteiger partial charge in [-0.05, 0) is 31.4 Å². The Morgan fingerprint density at radius 3 is 2.94 bits per heavy atom. The fraction of sp³-hybridized carbons (Fsp3) is 0.600. The SMILES string of the molecule is CCC(C)(CN)OCC1CCOc2ccccc21. The van der Waals surface area contributed by atoms with E-state index in [9.17, 15) is 0 Å². The zero-order chi connectivity index (χ0) is 13.0. The molecular formula is C15H23NO2. The molecule has 100 valence electrons. The molecule has 1 heterocycles. The molecule has 18 heavy (non-hydrogen) atoms. The molecule has 1 aliphatic rings. The highest BCUT2D eigenvalue weighted by atomic mass is 16.5. The summed E-state index contributed by atoms with van der Waals surface area (Å²) >= 11 is 0. The van der Waals surface area contributed by atoms with Crippen LogP contribution in [0.1, 0.15) is 38.2 Å². The lowest BCUT2D eigenvalue weighted by Crippen LogP contribution is -2.38. The molecule has 2 unspecified atom stereocenters. The Hall–Kier alpha value is -1.06. The van der Waals surface area contributed by atoms with E-state index in [1.807, 2.05) is 12.1 Å². The first-order valence-electron chi connectivity index (χ1n) is 6.74. The third-order valence-electron chi connectivity index (χ3n) is 3.90. The van der Waals surface area contributed by atoms with Crippen LogP contribution in [0.3, 0.4) is 0 Å². The predicted molar refractivity (Wildman–Crippen MR) is 73.0 cm³/mol. The van der Waals surface area contributed by atoms with E-state index in [-0.39, 0.29) is 5.60 Å². The van der Waals surface area contributed by atoms with Crippen molar-refractivity contribution in [1.82, 2.24) is 0 Å². The van der Waals surface area contributed by atoms with Crippen molar-refractivity contribution in [3.8, 4) is 5.75 Å². The number of nitrogens with two attached hydrogens (primary N) is 1. The lowest BCUT2D eigenvalue weighted by atomic mass is 9.93. The van der Waals surface area contributed by atoms with Crippen LogP contribution in [0.5, 0.6) is 5.75 Å². The molecule has 0 saturated heterocycles. The standard InChI is InChI=1S/C15H23NO2/c1-3-15(2,11-16)18-10-12-8-9-17-14-7-5-4-6-13(12)14/h4-7,12H,3,8-11,16H2,1-2H3. The molecule has 0 saturated carbocycles. The van der Waals surface area contributed by atoms with Crippen LogP contribution in [0.25, 0.3) is 0 Å². The third kappa shape index (κ3) is 2.85. The topological polar surface area (TPSA) is 44.5 Å². The molecule has 0 spiro atoms. The van der Waals surface area contributed by atoms with Crippen molar-refractivity contribution in [2.24, 2.45) is 5.73 Å². The van der Waals surface area contributed by atoms with Gasteiger partial charge in [-0.2, -0.15) is 0 Å². The molecule has 0 aliphatic carbocycles. The van der Waals surface area contributed by atoms with E-state index in [2.05, 4.69) is 26.0 Å². The van der Waals surface area contributed by atoms with Crippen LogP contribution in [0.4, 0.5) is 0 Å². The number of hydrogen-bond acceptors (Lipinski definition) is 3. The van der Waals surface area contributed by atoms with Gasteiger partial charge in [0.2, 0.25) is 0 Å². The molecule has 1 aromatic rings. The molecular weight excluding hydrogens is 226 g/mol. The van der Waals surface area contributed by atoms with Gasteiger partial charge in [-0.25, -0.2) is 0 Å². The highest BCUT2D eigenvalue weighted by Gasteiger charge is 2.26. The Bertz CT molecular complexity index is 388. The molecule has 0 bridgehead atoms. The fourth-order valence-electron chi connectivity index (χ4n) is 2.20. The average Bonchev–Trinajstić information content (AvgIpc) is 2.44. The fourth-order valence-corrected chi connectivity index (χ4v) is 2.20. The third-order valence-corrected chi connectivity index (χ3v) is 3.90. The van der Waals surface area contributed by atoms with Crippen LogP contribution >= 0.6 is 0 Å². The van der Waals surface area contributed by atoms with E-state index in [0.29, 0.717) is 12.5 Å². The van der Waals surface area contributed by atoms with Crippen molar-refractivity contribution in [2.45, 2.75) is 38.2 Å². The van der Waals surface area contributed by atoms with Crippen LogP contribution in [0.2, 0.25) is 0 Å². The summed E-state index contributed by atoms with van der Waals surface area (Å²) < 4.78 is 11.7. The summed E-state index contributed by atoms with van der Waals surface area (Å²) in [5.41, 5.74) is 6.84. The summed E-state index contributed by atoms with van der Waals surface area (Å²) in [5.74, 6) is 1.43. The van der Waals surface area contributed by atoms with Crippen molar-refractivity contribution >= 4 is 0 Å². The Kier molecular flexibility index (Phi) is 4.25. The van der Waals surface area contributed by atoms with Gasteiger partial charge in [-0.15, -0.1) is 0 Å². The highest BCUT2D eigenvalue weighted by molar-refractivity contribution is 5.37. The van der Waals surface area contributed by atoms with Crippen molar-refractivity contribution in [1.29, 1.82) is 0 Å². The molecule has 2 rings (SSSR count). The monoisotopic (exact) mass is 249 g/mol. The highest BCUT2D eigenvalue weighted by Crippen LogP contribution is 2.34. The largest absolute Gasteiger partial charge is 0.493 e. The minimum absolute atomic E-state index is 0.201. The summed E-state index contributed by atoms with van der Waals surface area (Å²) in [5, 5.41) is 0. The maximum atomic E-state index is 6.04. The molecule has 2 N–H and O–H groups in total. The van der Waals surface area contributed by atoms with Crippen LogP contribution in [0, 0.1) is 0 Å². The second-order valence-electron chi connectivity index (χ2n) is 5.19. The van der Waals surface area contributed by atoms with E-state index in [0.717, 1.165) is 31.8 Å². The molecule has 0 aromatic heterocycles. The summed E-state index contributed by atoms with van der Waals surface area (Å²) in [6, 6.07) is 8.23. The molecule has 3 heteroatoms. The maximum absolute atomic E-state index is 6.04. The van der Waals surface area contributed by atoms with Crippen molar-refractivity contribution < 1.29 is 9.47 Å². The number of benzene rings is 1. The number of rotatable bonds is 5. The van der Waals surface area contributed by atoms with E-state index in [4.69, 9.17) is 15.2 Å². The molecule has 0 amide bonds. The second-order valence-corrected chi connectivity index (χ2v) is 5.19. The van der Waals surface area contributed by atoms with Gasteiger partial charge < -0.3 is 15.2 Å². The van der Waals surface area contributed by atoms with Crippen molar-refractivity contribution in [2.75, 3.05) is 19.8 Å². The van der Waals surface area contributed by atoms with E-state index in [1.165, 1.54) is 5.56 Å². The zero-order valence-electron chi connectivity index (χ0n) is 11.3. The molecule has 2 atom stereocenters. The Balaban J connectivity index is 2.03. The second kappa shape index (κ2) is 5.72. The van der Waals surface area contributed by atoms with Crippen LogP contribution in [-0.2, 0) is 4.74 Å². The molecule has 1 aromatic carbocycles. The Morgan fingerprint density at radius 2 is 2.22 bits per heavy atom. The number of ether oxygens (including phenoxy) is 2. The predicted octanol–water partition coefficient (Wildman–Crippen LogP) is 2.70. The van der Waals surface area contributed by atoms with Crippen molar-refractivity contribution in [3.05, 3.63) is 29.8 Å². The zero-order valence-corrected chi connectivity index (χ0v) is 11.3. The van der Waals surface area contributed by atoms with Crippen LogP contribution in [-0.4, -0.2) is 25.4 Å². The van der Waals surface area contributed by atoms with Gasteiger partial charge in [0.25, 0.3) is 0 Å². The van der Waals surface area contributed by atoms with Crippen molar-refractivity contribution in [3.63, 3.8) is 0 Å². The molecule has 1 aliphatic heterocycles. The number of para-hydroxylation sites is 1. The van der Waals surface area contributed by atoms with Crippen LogP contribution in [0.15, 0.2) is 24.3 Å². The summed E-state index contributed by atoms with van der Waals surface area (Å²) in [6.45, 7) is 6.26. The normalized spacial score (nSPS) is 21.8. The van der Waals surface area contributed by atoms with Crippen LogP contribution < -0.4 is 10.5 Å². The minimum Gasteiger partial charge on any atom is -0.493 e. The lowest BCUT2D eigenvalue weighted by Gasteiger charge is -2.32. The minimum atomic E-state index is -0.201.